The van der Waals surface area contributed by atoms with Gasteiger partial charge in [-0.05, 0) is 65.6 Å². The van der Waals surface area contributed by atoms with Crippen LogP contribution in [-0.2, 0) is 27.0 Å². The number of nitro groups is 1. The molecule has 1 atom stereocenters. The van der Waals surface area contributed by atoms with Gasteiger partial charge < -0.3 is 15.7 Å². The third-order valence-corrected chi connectivity index (χ3v) is 6.24. The molecule has 5 N–H and O–H groups in total. The van der Waals surface area contributed by atoms with Crippen LogP contribution >= 0.6 is 0 Å². The van der Waals surface area contributed by atoms with Crippen molar-refractivity contribution in [2.75, 3.05) is 6.54 Å². The van der Waals surface area contributed by atoms with Crippen LogP contribution in [0.2, 0.25) is 0 Å². The van der Waals surface area contributed by atoms with E-state index < -0.39 is 46.2 Å². The van der Waals surface area contributed by atoms with Crippen molar-refractivity contribution in [1.29, 1.82) is 0 Å². The topological polar surface area (TPSA) is 171 Å². The van der Waals surface area contributed by atoms with Gasteiger partial charge >= 0.3 is 6.18 Å². The van der Waals surface area contributed by atoms with Crippen molar-refractivity contribution in [3.63, 3.8) is 0 Å². The second-order valence-electron chi connectivity index (χ2n) is 9.43. The van der Waals surface area contributed by atoms with Crippen molar-refractivity contribution in [3.8, 4) is 5.75 Å². The number of nitrogens with one attached hydrogen (secondary N) is 3. The third kappa shape index (κ3) is 9.35. The number of rotatable bonds is 12. The average molecular weight is 619 g/mol. The van der Waals surface area contributed by atoms with Crippen LogP contribution in [0.1, 0.15) is 35.1 Å². The van der Waals surface area contributed by atoms with Crippen molar-refractivity contribution < 1.29 is 47.2 Å². The molecule has 0 heterocycles. The van der Waals surface area contributed by atoms with E-state index in [4.69, 9.17) is 5.21 Å². The van der Waals surface area contributed by atoms with Gasteiger partial charge in [0, 0.05) is 37.1 Å². The minimum atomic E-state index is -5.03. The predicted octanol–water partition coefficient (Wildman–Crippen LogP) is 4.13. The number of benzene rings is 3. The number of carbonyl (C=O) groups excluding carboxylic acids is 3. The van der Waals surface area contributed by atoms with Crippen LogP contribution in [-0.4, -0.2) is 45.5 Å². The van der Waals surface area contributed by atoms with Crippen LogP contribution in [0.5, 0.6) is 5.75 Å². The summed E-state index contributed by atoms with van der Waals surface area (Å²) in [5.74, 6) is -3.91. The Morgan fingerprint density at radius 1 is 1.00 bits per heavy atom. The molecule has 3 amide bonds. The van der Waals surface area contributed by atoms with Gasteiger partial charge in [-0.3, -0.25) is 29.7 Å². The number of hydrogen-bond acceptors (Lipinski definition) is 7. The Bertz CT molecular complexity index is 1540. The summed E-state index contributed by atoms with van der Waals surface area (Å²) in [7, 11) is 0. The quantitative estimate of drug-likeness (QED) is 0.0386. The van der Waals surface area contributed by atoms with Gasteiger partial charge in [-0.2, -0.15) is 13.2 Å². The summed E-state index contributed by atoms with van der Waals surface area (Å²) < 4.78 is 54.0. The number of aromatic hydroxyl groups is 1. The van der Waals surface area contributed by atoms with Gasteiger partial charge in [0.25, 0.3) is 11.6 Å². The van der Waals surface area contributed by atoms with E-state index in [2.05, 4.69) is 10.6 Å². The molecule has 44 heavy (non-hydrogen) atoms. The maximum absolute atomic E-state index is 13.9. The van der Waals surface area contributed by atoms with E-state index in [9.17, 15) is 47.2 Å². The smallest absolute Gasteiger partial charge is 0.419 e. The van der Waals surface area contributed by atoms with Crippen LogP contribution in [0.4, 0.5) is 23.2 Å². The number of hydrogen-bond donors (Lipinski definition) is 5. The molecule has 0 aromatic heterocycles. The maximum atomic E-state index is 13.9. The molecule has 0 saturated carbocycles. The Morgan fingerprint density at radius 3 is 2.25 bits per heavy atom. The molecule has 0 bridgehead atoms. The van der Waals surface area contributed by atoms with Gasteiger partial charge in [0.1, 0.15) is 17.6 Å². The number of nitro benzene ring substituents is 1. The molecule has 3 rings (SSSR count). The Hall–Kier alpha value is -5.31. The molecule has 0 aliphatic rings. The van der Waals surface area contributed by atoms with Crippen LogP contribution in [0, 0.1) is 15.9 Å². The number of carbonyl (C=O) groups is 3. The number of amides is 3. The fourth-order valence-electron chi connectivity index (χ4n) is 4.01. The molecule has 15 heteroatoms. The lowest BCUT2D eigenvalue weighted by Crippen LogP contribution is -2.48. The summed E-state index contributed by atoms with van der Waals surface area (Å²) >= 11 is 0. The molecule has 0 aliphatic carbocycles. The highest BCUT2D eigenvalue weighted by molar-refractivity contribution is 6.24. The average Bonchev–Trinajstić information content (AvgIpc) is 2.98. The lowest BCUT2D eigenvalue weighted by molar-refractivity contribution is -0.384. The van der Waals surface area contributed by atoms with Gasteiger partial charge in [0.2, 0.25) is 11.8 Å². The molecule has 0 radical (unpaired) electrons. The Morgan fingerprint density at radius 2 is 1.66 bits per heavy atom. The second kappa shape index (κ2) is 14.7. The van der Waals surface area contributed by atoms with Crippen molar-refractivity contribution in [2.45, 2.75) is 31.5 Å². The standard InChI is InChI=1S/C29H26F4N4O7/c30-24-12-5-18(15-23(24)29(31,32)33)14-22(19-6-8-20(9-7-19)37(43)44)27(40)35-25(16-17-3-10-21(38)11-4-17)28(41)34-13-1-2-26(39)36-42/h3-12,14-15,25,38,42H,1-2,13,16H2,(H,34,41)(H,35,40)(H,36,39). The van der Waals surface area contributed by atoms with Gasteiger partial charge in [-0.25, -0.2) is 9.87 Å². The van der Waals surface area contributed by atoms with Crippen LogP contribution in [0.25, 0.3) is 11.6 Å². The first-order chi connectivity index (χ1) is 20.8. The van der Waals surface area contributed by atoms with Crippen molar-refractivity contribution in [2.24, 2.45) is 0 Å². The highest BCUT2D eigenvalue weighted by atomic mass is 19.4. The van der Waals surface area contributed by atoms with E-state index in [0.717, 1.165) is 24.3 Å². The Balaban J connectivity index is 1.98. The SMILES string of the molecule is O=C(CCCNC(=O)C(Cc1ccc(O)cc1)NC(=O)C(=Cc1ccc(F)c(C(F)(F)F)c1)c1ccc([N+](=O)[O-])cc1)NO. The van der Waals surface area contributed by atoms with Gasteiger partial charge in [0.05, 0.1) is 10.5 Å². The minimum Gasteiger partial charge on any atom is -0.508 e. The minimum absolute atomic E-state index is 0.0188. The van der Waals surface area contributed by atoms with Gasteiger partial charge in [-0.15, -0.1) is 0 Å². The molecule has 1 unspecified atom stereocenters. The fraction of sp³-hybridized carbons (Fsp3) is 0.207. The number of non-ortho nitro benzene ring substituents is 1. The van der Waals surface area contributed by atoms with Crippen molar-refractivity contribution in [1.82, 2.24) is 16.1 Å². The van der Waals surface area contributed by atoms with Crippen molar-refractivity contribution >= 4 is 35.1 Å². The first kappa shape index (κ1) is 33.2. The summed E-state index contributed by atoms with van der Waals surface area (Å²) in [6, 6.07) is 11.0. The number of halogens is 4. The molecule has 3 aromatic carbocycles. The van der Waals surface area contributed by atoms with E-state index in [-0.39, 0.29) is 53.9 Å². The van der Waals surface area contributed by atoms with E-state index >= 15 is 0 Å². The Labute approximate surface area is 247 Å². The summed E-state index contributed by atoms with van der Waals surface area (Å²) in [6.45, 7) is -0.0188. The van der Waals surface area contributed by atoms with Crippen molar-refractivity contribution in [3.05, 3.63) is 105 Å². The second-order valence-corrected chi connectivity index (χ2v) is 9.43. The zero-order chi connectivity index (χ0) is 32.4. The highest BCUT2D eigenvalue weighted by Gasteiger charge is 2.34. The summed E-state index contributed by atoms with van der Waals surface area (Å²) in [4.78, 5) is 48.4. The van der Waals surface area contributed by atoms with Crippen LogP contribution in [0.15, 0.2) is 66.7 Å². The molecular formula is C29H26F4N4O7. The highest BCUT2D eigenvalue weighted by Crippen LogP contribution is 2.33. The largest absolute Gasteiger partial charge is 0.508 e. The van der Waals surface area contributed by atoms with E-state index in [0.29, 0.717) is 17.7 Å². The predicted molar refractivity (Wildman–Crippen MR) is 148 cm³/mol. The summed E-state index contributed by atoms with van der Waals surface area (Å²) in [5.41, 5.74) is -0.394. The van der Waals surface area contributed by atoms with Crippen LogP contribution < -0.4 is 16.1 Å². The molecule has 0 saturated heterocycles. The molecule has 232 valence electrons. The first-order valence-corrected chi connectivity index (χ1v) is 12.9. The number of alkyl halides is 3. The number of nitrogens with zero attached hydrogens (tertiary/aromatic N) is 1. The number of hydroxylamine groups is 1. The lowest BCUT2D eigenvalue weighted by Gasteiger charge is -2.20. The van der Waals surface area contributed by atoms with E-state index in [1.807, 2.05) is 0 Å². The number of phenolic OH excluding ortho intramolecular Hbond substituents is 1. The normalized spacial score (nSPS) is 12.2. The first-order valence-electron chi connectivity index (χ1n) is 12.9. The molecule has 0 fully saturated rings. The zero-order valence-electron chi connectivity index (χ0n) is 22.7. The monoisotopic (exact) mass is 618 g/mol. The molecular weight excluding hydrogens is 592 g/mol. The van der Waals surface area contributed by atoms with E-state index in [1.54, 1.807) is 0 Å². The van der Waals surface area contributed by atoms with Gasteiger partial charge in [0.15, 0.2) is 0 Å². The van der Waals surface area contributed by atoms with E-state index in [1.165, 1.54) is 41.9 Å². The molecule has 11 nitrogen and oxygen atoms in total. The molecule has 0 spiro atoms. The number of phenols is 1. The fourth-order valence-corrected chi connectivity index (χ4v) is 4.01. The summed E-state index contributed by atoms with van der Waals surface area (Å²) in [6.07, 6.45) is -4.09. The third-order valence-electron chi connectivity index (χ3n) is 6.24. The zero-order valence-corrected chi connectivity index (χ0v) is 22.7. The van der Waals surface area contributed by atoms with Gasteiger partial charge in [-0.1, -0.05) is 18.2 Å². The lowest BCUT2D eigenvalue weighted by atomic mass is 9.99. The maximum Gasteiger partial charge on any atom is 0.419 e. The summed E-state index contributed by atoms with van der Waals surface area (Å²) in [5, 5.41) is 34.4. The van der Waals surface area contributed by atoms with Crippen LogP contribution in [0.3, 0.4) is 0 Å². The molecule has 3 aromatic rings. The molecule has 0 aliphatic heterocycles. The Kier molecular flexibility index (Phi) is 11.1.